The molecule has 5 heteroatoms. The van der Waals surface area contributed by atoms with Crippen molar-refractivity contribution < 1.29 is 5.11 Å². The number of thioether (sulfide) groups is 1. The third-order valence-electron chi connectivity index (χ3n) is 3.17. The molecule has 0 fully saturated rings. The van der Waals surface area contributed by atoms with Crippen molar-refractivity contribution in [3.63, 3.8) is 0 Å². The number of rotatable bonds is 3. The van der Waals surface area contributed by atoms with Gasteiger partial charge in [-0.2, -0.15) is 0 Å². The Morgan fingerprint density at radius 3 is 3.06 bits per heavy atom. The molecule has 2 unspecified atom stereocenters. The van der Waals surface area contributed by atoms with E-state index in [1.165, 1.54) is 10.5 Å². The molecule has 0 bridgehead atoms. The first-order chi connectivity index (χ1) is 8.72. The van der Waals surface area contributed by atoms with Crippen LogP contribution in [0.3, 0.4) is 0 Å². The van der Waals surface area contributed by atoms with E-state index in [0.29, 0.717) is 6.42 Å². The van der Waals surface area contributed by atoms with E-state index in [1.54, 1.807) is 16.4 Å². The van der Waals surface area contributed by atoms with E-state index in [0.717, 1.165) is 12.1 Å². The average Bonchev–Trinajstić information content (AvgIpc) is 2.95. The van der Waals surface area contributed by atoms with Crippen molar-refractivity contribution >= 4 is 11.8 Å². The van der Waals surface area contributed by atoms with Crippen LogP contribution in [-0.4, -0.2) is 31.5 Å². The maximum absolute atomic E-state index is 10.3. The normalized spacial score (nSPS) is 19.8. The first-order valence-electron chi connectivity index (χ1n) is 6.00. The molecule has 18 heavy (non-hydrogen) atoms. The summed E-state index contributed by atoms with van der Waals surface area (Å²) < 4.78 is 1.67. The number of aromatic nitrogens is 3. The topological polar surface area (TPSA) is 50.9 Å². The van der Waals surface area contributed by atoms with Crippen molar-refractivity contribution in [3.05, 3.63) is 41.7 Å². The lowest BCUT2D eigenvalue weighted by molar-refractivity contribution is 0.171. The fourth-order valence-corrected chi connectivity index (χ4v) is 3.56. The second kappa shape index (κ2) is 4.74. The van der Waals surface area contributed by atoms with Crippen LogP contribution in [0.4, 0.5) is 0 Å². The van der Waals surface area contributed by atoms with Crippen LogP contribution in [0, 0.1) is 0 Å². The highest BCUT2D eigenvalue weighted by Crippen LogP contribution is 2.38. The van der Waals surface area contributed by atoms with Gasteiger partial charge in [0.1, 0.15) is 0 Å². The highest BCUT2D eigenvalue weighted by molar-refractivity contribution is 8.00. The summed E-state index contributed by atoms with van der Waals surface area (Å²) >= 11 is 1.77. The fourth-order valence-electron chi connectivity index (χ4n) is 2.26. The molecule has 0 amide bonds. The fraction of sp³-hybridized carbons (Fsp3) is 0.385. The Hall–Kier alpha value is -1.33. The Bertz CT molecular complexity index is 530. The molecule has 2 atom stereocenters. The van der Waals surface area contributed by atoms with Gasteiger partial charge in [-0.15, -0.1) is 16.9 Å². The molecule has 1 aliphatic rings. The third kappa shape index (κ3) is 2.28. The third-order valence-corrected chi connectivity index (χ3v) is 4.61. The lowest BCUT2D eigenvalue weighted by atomic mass is 10.0. The molecule has 3 rings (SSSR count). The smallest absolute Gasteiger partial charge is 0.0853 e. The standard InChI is InChI=1S/C13H15N3OS/c1-16-8-10(14-15-16)7-11(17)13-6-9-4-2-3-5-12(9)18-13/h2-5,8,11,13,17H,6-7H2,1H3. The minimum Gasteiger partial charge on any atom is -0.392 e. The Kier molecular flexibility index (Phi) is 3.09. The van der Waals surface area contributed by atoms with Gasteiger partial charge in [0, 0.05) is 29.8 Å². The summed E-state index contributed by atoms with van der Waals surface area (Å²) in [5, 5.41) is 18.4. The van der Waals surface area contributed by atoms with Gasteiger partial charge in [0.25, 0.3) is 0 Å². The van der Waals surface area contributed by atoms with Crippen molar-refractivity contribution in [2.24, 2.45) is 7.05 Å². The summed E-state index contributed by atoms with van der Waals surface area (Å²) in [7, 11) is 1.84. The summed E-state index contributed by atoms with van der Waals surface area (Å²) in [6.45, 7) is 0. The molecule has 0 saturated carbocycles. The molecule has 0 saturated heterocycles. The summed E-state index contributed by atoms with van der Waals surface area (Å²) in [6, 6.07) is 8.35. The molecular formula is C13H15N3OS. The molecule has 2 aromatic rings. The minimum absolute atomic E-state index is 0.226. The SMILES string of the molecule is Cn1cc(CC(O)C2Cc3ccccc3S2)nn1. The van der Waals surface area contributed by atoms with Crippen molar-refractivity contribution in [1.82, 2.24) is 15.0 Å². The predicted molar refractivity (Wildman–Crippen MR) is 70.5 cm³/mol. The number of aliphatic hydroxyl groups excluding tert-OH is 1. The van der Waals surface area contributed by atoms with Crippen LogP contribution in [0.15, 0.2) is 35.4 Å². The first kappa shape index (κ1) is 11.7. The number of hydrogen-bond acceptors (Lipinski definition) is 4. The van der Waals surface area contributed by atoms with Crippen LogP contribution in [-0.2, 0) is 19.9 Å². The van der Waals surface area contributed by atoms with Crippen LogP contribution in [0.5, 0.6) is 0 Å². The maximum atomic E-state index is 10.3. The molecule has 2 heterocycles. The van der Waals surface area contributed by atoms with Gasteiger partial charge >= 0.3 is 0 Å². The summed E-state index contributed by atoms with van der Waals surface area (Å²) in [5.74, 6) is 0. The number of fused-ring (bicyclic) bond motifs is 1. The zero-order valence-electron chi connectivity index (χ0n) is 10.2. The molecule has 1 aromatic carbocycles. The van der Waals surface area contributed by atoms with Gasteiger partial charge in [-0.25, -0.2) is 0 Å². The first-order valence-corrected chi connectivity index (χ1v) is 6.88. The van der Waals surface area contributed by atoms with Gasteiger partial charge in [-0.3, -0.25) is 4.68 Å². The molecule has 0 aliphatic carbocycles. The van der Waals surface area contributed by atoms with Crippen molar-refractivity contribution in [3.8, 4) is 0 Å². The number of nitrogens with zero attached hydrogens (tertiary/aromatic N) is 3. The molecule has 1 aromatic heterocycles. The highest BCUT2D eigenvalue weighted by atomic mass is 32.2. The summed E-state index contributed by atoms with van der Waals surface area (Å²) in [4.78, 5) is 1.29. The van der Waals surface area contributed by atoms with Gasteiger partial charge in [-0.05, 0) is 18.1 Å². The van der Waals surface area contributed by atoms with Gasteiger partial charge in [0.15, 0.2) is 0 Å². The number of hydrogen-bond donors (Lipinski definition) is 1. The van der Waals surface area contributed by atoms with Crippen molar-refractivity contribution in [2.45, 2.75) is 29.1 Å². The van der Waals surface area contributed by atoms with Crippen molar-refractivity contribution in [1.29, 1.82) is 0 Å². The Morgan fingerprint density at radius 2 is 2.33 bits per heavy atom. The highest BCUT2D eigenvalue weighted by Gasteiger charge is 2.28. The predicted octanol–water partition coefficient (Wildman–Crippen LogP) is 1.44. The molecular weight excluding hydrogens is 246 g/mol. The van der Waals surface area contributed by atoms with Gasteiger partial charge in [-0.1, -0.05) is 23.4 Å². The number of aliphatic hydroxyl groups is 1. The lowest BCUT2D eigenvalue weighted by Gasteiger charge is -2.15. The van der Waals surface area contributed by atoms with Crippen LogP contribution in [0.1, 0.15) is 11.3 Å². The number of benzene rings is 1. The van der Waals surface area contributed by atoms with E-state index in [-0.39, 0.29) is 11.4 Å². The monoisotopic (exact) mass is 261 g/mol. The van der Waals surface area contributed by atoms with E-state index in [2.05, 4.69) is 28.5 Å². The van der Waals surface area contributed by atoms with Gasteiger partial charge in [0.2, 0.25) is 0 Å². The number of aryl methyl sites for hydroxylation is 1. The molecule has 0 spiro atoms. The summed E-state index contributed by atoms with van der Waals surface area (Å²) in [5.41, 5.74) is 2.19. The second-order valence-corrected chi connectivity index (χ2v) is 5.90. The van der Waals surface area contributed by atoms with E-state index in [4.69, 9.17) is 0 Å². The Labute approximate surface area is 110 Å². The molecule has 1 N–H and O–H groups in total. The lowest BCUT2D eigenvalue weighted by Crippen LogP contribution is -2.25. The zero-order chi connectivity index (χ0) is 12.5. The molecule has 1 aliphatic heterocycles. The van der Waals surface area contributed by atoms with Crippen molar-refractivity contribution in [2.75, 3.05) is 0 Å². The van der Waals surface area contributed by atoms with Gasteiger partial charge < -0.3 is 5.11 Å². The molecule has 94 valence electrons. The molecule has 0 radical (unpaired) electrons. The van der Waals surface area contributed by atoms with Crippen LogP contribution >= 0.6 is 11.8 Å². The largest absolute Gasteiger partial charge is 0.392 e. The average molecular weight is 261 g/mol. The van der Waals surface area contributed by atoms with E-state index < -0.39 is 0 Å². The summed E-state index contributed by atoms with van der Waals surface area (Å²) in [6.07, 6.45) is 2.98. The van der Waals surface area contributed by atoms with Crippen LogP contribution in [0.2, 0.25) is 0 Å². The van der Waals surface area contributed by atoms with Crippen LogP contribution in [0.25, 0.3) is 0 Å². The van der Waals surface area contributed by atoms with E-state index in [1.807, 2.05) is 19.3 Å². The van der Waals surface area contributed by atoms with Gasteiger partial charge in [0.05, 0.1) is 11.8 Å². The van der Waals surface area contributed by atoms with Crippen LogP contribution < -0.4 is 0 Å². The molecule has 4 nitrogen and oxygen atoms in total. The zero-order valence-corrected chi connectivity index (χ0v) is 11.0. The maximum Gasteiger partial charge on any atom is 0.0853 e. The quantitative estimate of drug-likeness (QED) is 0.908. The minimum atomic E-state index is -0.376. The Morgan fingerprint density at radius 1 is 1.50 bits per heavy atom. The Balaban J connectivity index is 1.67. The van der Waals surface area contributed by atoms with E-state index >= 15 is 0 Å². The van der Waals surface area contributed by atoms with E-state index in [9.17, 15) is 5.11 Å². The second-order valence-electron chi connectivity index (χ2n) is 4.62.